The zero-order valence-electron chi connectivity index (χ0n) is 13.5. The molecular formula is C18H20N2O3. The van der Waals surface area contributed by atoms with Gasteiger partial charge in [0.25, 0.3) is 5.91 Å². The number of ether oxygens (including phenoxy) is 1. The van der Waals surface area contributed by atoms with Crippen LogP contribution in [0.15, 0.2) is 48.8 Å². The molecule has 0 aliphatic heterocycles. The van der Waals surface area contributed by atoms with Gasteiger partial charge < -0.3 is 4.74 Å². The van der Waals surface area contributed by atoms with Crippen LogP contribution in [0.4, 0.5) is 5.69 Å². The van der Waals surface area contributed by atoms with Gasteiger partial charge >= 0.3 is 5.97 Å². The molecule has 23 heavy (non-hydrogen) atoms. The van der Waals surface area contributed by atoms with Crippen molar-refractivity contribution in [1.82, 2.24) is 4.98 Å². The van der Waals surface area contributed by atoms with Crippen LogP contribution < -0.4 is 4.90 Å². The average molecular weight is 312 g/mol. The van der Waals surface area contributed by atoms with E-state index in [-0.39, 0.29) is 5.91 Å². The molecule has 0 bridgehead atoms. The number of amides is 1. The van der Waals surface area contributed by atoms with Gasteiger partial charge in [-0.3, -0.25) is 14.7 Å². The molecule has 1 heterocycles. The van der Waals surface area contributed by atoms with Crippen molar-refractivity contribution in [2.75, 3.05) is 12.0 Å². The second kappa shape index (κ2) is 7.54. The Morgan fingerprint density at radius 2 is 1.91 bits per heavy atom. The van der Waals surface area contributed by atoms with Crippen molar-refractivity contribution in [1.29, 1.82) is 0 Å². The minimum atomic E-state index is -0.685. The number of hydrogen-bond acceptors (Lipinski definition) is 4. The van der Waals surface area contributed by atoms with E-state index >= 15 is 0 Å². The quantitative estimate of drug-likeness (QED) is 0.796. The first-order valence-electron chi connectivity index (χ1n) is 7.46. The highest BCUT2D eigenvalue weighted by Gasteiger charge is 2.31. The molecule has 1 aromatic heterocycles. The molecule has 1 atom stereocenters. The summed E-state index contributed by atoms with van der Waals surface area (Å²) in [6.07, 6.45) is 3.64. The van der Waals surface area contributed by atoms with Gasteiger partial charge in [-0.2, -0.15) is 0 Å². The molecule has 1 unspecified atom stereocenters. The van der Waals surface area contributed by atoms with Gasteiger partial charge in [-0.15, -0.1) is 0 Å². The van der Waals surface area contributed by atoms with Gasteiger partial charge in [0, 0.05) is 18.1 Å². The Hall–Kier alpha value is -2.69. The average Bonchev–Trinajstić information content (AvgIpc) is 2.59. The molecule has 0 aliphatic rings. The van der Waals surface area contributed by atoms with E-state index < -0.39 is 12.0 Å². The maximum atomic E-state index is 13.0. The number of nitrogens with zero attached hydrogens (tertiary/aromatic N) is 2. The first kappa shape index (κ1) is 16.7. The Labute approximate surface area is 135 Å². The van der Waals surface area contributed by atoms with Crippen molar-refractivity contribution >= 4 is 17.6 Å². The molecule has 0 radical (unpaired) electrons. The van der Waals surface area contributed by atoms with E-state index in [1.807, 2.05) is 32.0 Å². The number of aromatic nitrogens is 1. The smallest absolute Gasteiger partial charge is 0.328 e. The summed E-state index contributed by atoms with van der Waals surface area (Å²) in [4.78, 5) is 30.7. The maximum absolute atomic E-state index is 13.0. The number of aryl methyl sites for hydroxylation is 1. The minimum Gasteiger partial charge on any atom is -0.467 e. The maximum Gasteiger partial charge on any atom is 0.328 e. The number of methoxy groups -OCH3 is 1. The molecular weight excluding hydrogens is 292 g/mol. The molecule has 5 nitrogen and oxygen atoms in total. The van der Waals surface area contributed by atoms with Crippen molar-refractivity contribution < 1.29 is 14.3 Å². The van der Waals surface area contributed by atoms with E-state index in [2.05, 4.69) is 4.98 Å². The fourth-order valence-electron chi connectivity index (χ4n) is 2.43. The number of rotatable bonds is 5. The minimum absolute atomic E-state index is 0.273. The fourth-order valence-corrected chi connectivity index (χ4v) is 2.43. The highest BCUT2D eigenvalue weighted by atomic mass is 16.5. The monoisotopic (exact) mass is 312 g/mol. The van der Waals surface area contributed by atoms with E-state index in [4.69, 9.17) is 4.74 Å². The highest BCUT2D eigenvalue weighted by Crippen LogP contribution is 2.22. The number of anilines is 1. The third-order valence-corrected chi connectivity index (χ3v) is 3.55. The van der Waals surface area contributed by atoms with E-state index in [9.17, 15) is 9.59 Å². The van der Waals surface area contributed by atoms with Crippen molar-refractivity contribution in [3.8, 4) is 0 Å². The largest absolute Gasteiger partial charge is 0.467 e. The van der Waals surface area contributed by atoms with Gasteiger partial charge in [0.15, 0.2) is 0 Å². The summed E-state index contributed by atoms with van der Waals surface area (Å²) in [5.41, 5.74) is 1.97. The lowest BCUT2D eigenvalue weighted by atomic mass is 10.1. The molecule has 0 fully saturated rings. The normalized spacial score (nSPS) is 11.6. The number of esters is 1. The van der Waals surface area contributed by atoms with Crippen molar-refractivity contribution in [2.45, 2.75) is 26.3 Å². The van der Waals surface area contributed by atoms with E-state index in [0.29, 0.717) is 17.7 Å². The Bertz CT molecular complexity index is 686. The molecule has 120 valence electrons. The summed E-state index contributed by atoms with van der Waals surface area (Å²) >= 11 is 0. The third kappa shape index (κ3) is 3.74. The van der Waals surface area contributed by atoms with Crippen LogP contribution in [0.3, 0.4) is 0 Å². The topological polar surface area (TPSA) is 59.5 Å². The molecule has 0 N–H and O–H groups in total. The molecule has 1 aromatic carbocycles. The lowest BCUT2D eigenvalue weighted by Crippen LogP contribution is -2.45. The first-order valence-corrected chi connectivity index (χ1v) is 7.46. The number of hydrogen-bond donors (Lipinski definition) is 0. The van der Waals surface area contributed by atoms with Crippen LogP contribution in [0.2, 0.25) is 0 Å². The van der Waals surface area contributed by atoms with Crippen molar-refractivity contribution in [3.05, 3.63) is 59.9 Å². The Balaban J connectivity index is 2.49. The van der Waals surface area contributed by atoms with Gasteiger partial charge in [-0.05, 0) is 37.1 Å². The zero-order valence-corrected chi connectivity index (χ0v) is 13.5. The lowest BCUT2D eigenvalue weighted by molar-refractivity contribution is -0.142. The number of pyridine rings is 1. The molecule has 0 aliphatic carbocycles. The van der Waals surface area contributed by atoms with Gasteiger partial charge in [-0.25, -0.2) is 4.79 Å². The van der Waals surface area contributed by atoms with Crippen LogP contribution in [0.25, 0.3) is 0 Å². The SMILES string of the molecule is CCC(C(=O)OC)N(C(=O)c1cncc(C)c1)c1ccccc1. The highest BCUT2D eigenvalue weighted by molar-refractivity contribution is 6.09. The van der Waals surface area contributed by atoms with Crippen LogP contribution in [0.1, 0.15) is 29.3 Å². The number of carbonyl (C=O) groups excluding carboxylic acids is 2. The van der Waals surface area contributed by atoms with Crippen LogP contribution in [0, 0.1) is 6.92 Å². The number of benzene rings is 1. The zero-order chi connectivity index (χ0) is 16.8. The van der Waals surface area contributed by atoms with Gasteiger partial charge in [0.1, 0.15) is 6.04 Å². The summed E-state index contributed by atoms with van der Waals surface area (Å²) < 4.78 is 4.87. The molecule has 5 heteroatoms. The van der Waals surface area contributed by atoms with Crippen LogP contribution in [-0.4, -0.2) is 30.0 Å². The summed E-state index contributed by atoms with van der Waals surface area (Å²) in [7, 11) is 1.33. The number of carbonyl (C=O) groups is 2. The second-order valence-electron chi connectivity index (χ2n) is 5.21. The van der Waals surface area contributed by atoms with E-state index in [1.54, 1.807) is 24.4 Å². The fraction of sp³-hybridized carbons (Fsp3) is 0.278. The Kier molecular flexibility index (Phi) is 5.46. The Morgan fingerprint density at radius 1 is 1.22 bits per heavy atom. The molecule has 0 saturated carbocycles. The summed E-state index contributed by atoms with van der Waals surface area (Å²) in [5, 5.41) is 0. The van der Waals surface area contributed by atoms with Gasteiger partial charge in [0.2, 0.25) is 0 Å². The molecule has 1 amide bonds. The molecule has 0 spiro atoms. The van der Waals surface area contributed by atoms with Gasteiger partial charge in [-0.1, -0.05) is 25.1 Å². The second-order valence-corrected chi connectivity index (χ2v) is 5.21. The van der Waals surface area contributed by atoms with Gasteiger partial charge in [0.05, 0.1) is 12.7 Å². The number of para-hydroxylation sites is 1. The Morgan fingerprint density at radius 3 is 2.48 bits per heavy atom. The predicted molar refractivity (Wildman–Crippen MR) is 88.3 cm³/mol. The first-order chi connectivity index (χ1) is 11.1. The molecule has 0 saturated heterocycles. The third-order valence-electron chi connectivity index (χ3n) is 3.55. The predicted octanol–water partition coefficient (Wildman–Crippen LogP) is 2.99. The summed E-state index contributed by atoms with van der Waals surface area (Å²) in [6, 6.07) is 10.2. The molecule has 2 rings (SSSR count). The molecule has 2 aromatic rings. The van der Waals surface area contributed by atoms with E-state index in [1.165, 1.54) is 18.2 Å². The van der Waals surface area contributed by atoms with Crippen LogP contribution >= 0.6 is 0 Å². The van der Waals surface area contributed by atoms with Crippen LogP contribution in [-0.2, 0) is 9.53 Å². The van der Waals surface area contributed by atoms with E-state index in [0.717, 1.165) is 5.56 Å². The van der Waals surface area contributed by atoms with Crippen molar-refractivity contribution in [2.24, 2.45) is 0 Å². The lowest BCUT2D eigenvalue weighted by Gasteiger charge is -2.29. The summed E-state index contributed by atoms with van der Waals surface area (Å²) in [6.45, 7) is 3.72. The standard InChI is InChI=1S/C18H20N2O3/c1-4-16(18(22)23-3)20(15-8-6-5-7-9-15)17(21)14-10-13(2)11-19-12-14/h5-12,16H,4H2,1-3H3. The summed E-state index contributed by atoms with van der Waals surface area (Å²) in [5.74, 6) is -0.713. The van der Waals surface area contributed by atoms with Crippen molar-refractivity contribution in [3.63, 3.8) is 0 Å². The van der Waals surface area contributed by atoms with Crippen LogP contribution in [0.5, 0.6) is 0 Å².